The van der Waals surface area contributed by atoms with E-state index in [9.17, 15) is 0 Å². The first-order valence-corrected chi connectivity index (χ1v) is 5.90. The number of hydrogen-bond acceptors (Lipinski definition) is 4. The summed E-state index contributed by atoms with van der Waals surface area (Å²) in [6, 6.07) is 2.63. The Balaban J connectivity index is 4.17. The van der Waals surface area contributed by atoms with E-state index in [0.717, 1.165) is 26.1 Å². The van der Waals surface area contributed by atoms with E-state index in [1.807, 2.05) is 0 Å². The zero-order valence-corrected chi connectivity index (χ0v) is 11.0. The minimum absolute atomic E-state index is 0.504. The van der Waals surface area contributed by atoms with Crippen molar-refractivity contribution >= 4 is 0 Å². The van der Waals surface area contributed by atoms with Gasteiger partial charge in [0.2, 0.25) is 0 Å². The molecule has 0 bridgehead atoms. The number of nitrogens with zero attached hydrogens (tertiary/aromatic N) is 2. The summed E-state index contributed by atoms with van der Waals surface area (Å²) in [5.41, 5.74) is 5.09. The average Bonchev–Trinajstić information content (AvgIpc) is 2.28. The molecule has 16 heavy (non-hydrogen) atoms. The molecule has 0 aromatic heterocycles. The van der Waals surface area contributed by atoms with E-state index in [1.54, 1.807) is 14.0 Å². The van der Waals surface area contributed by atoms with Gasteiger partial charge in [-0.25, -0.2) is 0 Å². The molecule has 2 unspecified atom stereocenters. The fourth-order valence-corrected chi connectivity index (χ4v) is 1.45. The predicted octanol–water partition coefficient (Wildman–Crippen LogP) is 1.36. The number of nitrogens with two attached hydrogens (primary N) is 1. The van der Waals surface area contributed by atoms with Crippen molar-refractivity contribution in [2.24, 2.45) is 5.73 Å². The maximum Gasteiger partial charge on any atom is 0.102 e. The minimum Gasteiger partial charge on any atom is -0.383 e. The number of ether oxygens (including phenoxy) is 1. The van der Waals surface area contributed by atoms with Crippen molar-refractivity contribution in [3.05, 3.63) is 0 Å². The second-order valence-electron chi connectivity index (χ2n) is 4.57. The van der Waals surface area contributed by atoms with Crippen molar-refractivity contribution in [1.82, 2.24) is 4.90 Å². The van der Waals surface area contributed by atoms with Gasteiger partial charge in [-0.2, -0.15) is 5.26 Å². The summed E-state index contributed by atoms with van der Waals surface area (Å²) in [5, 5.41) is 8.86. The second-order valence-corrected chi connectivity index (χ2v) is 4.57. The average molecular weight is 227 g/mol. The zero-order chi connectivity index (χ0) is 12.6. The van der Waals surface area contributed by atoms with E-state index in [0.29, 0.717) is 12.5 Å². The lowest BCUT2D eigenvalue weighted by Crippen LogP contribution is -2.42. The van der Waals surface area contributed by atoms with Crippen LogP contribution in [0.1, 0.15) is 33.6 Å². The van der Waals surface area contributed by atoms with Crippen LogP contribution >= 0.6 is 0 Å². The summed E-state index contributed by atoms with van der Waals surface area (Å²) in [5.74, 6) is 0. The van der Waals surface area contributed by atoms with Crippen LogP contribution < -0.4 is 5.73 Å². The summed E-state index contributed by atoms with van der Waals surface area (Å²) in [6.07, 6.45) is 1.79. The molecule has 2 atom stereocenters. The van der Waals surface area contributed by atoms with Gasteiger partial charge < -0.3 is 10.5 Å². The molecule has 4 heteroatoms. The van der Waals surface area contributed by atoms with Crippen molar-refractivity contribution in [2.45, 2.75) is 45.2 Å². The Morgan fingerprint density at radius 1 is 1.50 bits per heavy atom. The highest BCUT2D eigenvalue weighted by molar-refractivity contribution is 5.01. The number of hydrogen-bond donors (Lipinski definition) is 1. The van der Waals surface area contributed by atoms with E-state index in [2.05, 4.69) is 24.8 Å². The summed E-state index contributed by atoms with van der Waals surface area (Å²) in [7, 11) is 1.71. The topological polar surface area (TPSA) is 62.3 Å². The molecule has 94 valence electrons. The van der Waals surface area contributed by atoms with Crippen molar-refractivity contribution in [3.8, 4) is 6.07 Å². The van der Waals surface area contributed by atoms with Crippen LogP contribution in [0.25, 0.3) is 0 Å². The first kappa shape index (κ1) is 15.4. The molecule has 0 rings (SSSR count). The third-order valence-electron chi connectivity index (χ3n) is 2.97. The molecule has 0 aliphatic carbocycles. The Bertz CT molecular complexity index is 223. The number of methoxy groups -OCH3 is 1. The monoisotopic (exact) mass is 227 g/mol. The van der Waals surface area contributed by atoms with E-state index in [1.165, 1.54) is 0 Å². The van der Waals surface area contributed by atoms with Crippen molar-refractivity contribution < 1.29 is 4.74 Å². The van der Waals surface area contributed by atoms with Crippen LogP contribution in [0.15, 0.2) is 0 Å². The van der Waals surface area contributed by atoms with Gasteiger partial charge in [-0.3, -0.25) is 4.90 Å². The molecule has 2 N–H and O–H groups in total. The molecule has 0 aliphatic heterocycles. The van der Waals surface area contributed by atoms with Crippen LogP contribution in [0.3, 0.4) is 0 Å². The lowest BCUT2D eigenvalue weighted by molar-refractivity contribution is 0.119. The lowest BCUT2D eigenvalue weighted by Gasteiger charge is -2.30. The van der Waals surface area contributed by atoms with Gasteiger partial charge in [0.25, 0.3) is 0 Å². The van der Waals surface area contributed by atoms with Crippen LogP contribution in [0.2, 0.25) is 0 Å². The highest BCUT2D eigenvalue weighted by atomic mass is 16.5. The third kappa shape index (κ3) is 6.06. The molecule has 0 fully saturated rings. The smallest absolute Gasteiger partial charge is 0.102 e. The molecular formula is C12H25N3O. The van der Waals surface area contributed by atoms with E-state index in [4.69, 9.17) is 15.7 Å². The molecule has 0 amide bonds. The van der Waals surface area contributed by atoms with Gasteiger partial charge >= 0.3 is 0 Å². The molecule has 0 saturated heterocycles. The third-order valence-corrected chi connectivity index (χ3v) is 2.97. The fraction of sp³-hybridized carbons (Fsp3) is 0.917. The van der Waals surface area contributed by atoms with Gasteiger partial charge in [-0.15, -0.1) is 0 Å². The minimum atomic E-state index is -0.723. The molecule has 0 spiro atoms. The molecule has 0 heterocycles. The molecule has 0 aromatic carbocycles. The highest BCUT2D eigenvalue weighted by Gasteiger charge is 2.20. The highest BCUT2D eigenvalue weighted by Crippen LogP contribution is 2.09. The summed E-state index contributed by atoms with van der Waals surface area (Å²) in [6.45, 7) is 8.59. The Hall–Kier alpha value is -0.630. The van der Waals surface area contributed by atoms with Gasteiger partial charge in [0.1, 0.15) is 5.54 Å². The normalized spacial score (nSPS) is 16.8. The number of rotatable bonds is 8. The van der Waals surface area contributed by atoms with Gasteiger partial charge in [0, 0.05) is 26.2 Å². The molecule has 0 saturated carbocycles. The van der Waals surface area contributed by atoms with Crippen molar-refractivity contribution in [2.75, 3.05) is 26.8 Å². The summed E-state index contributed by atoms with van der Waals surface area (Å²) >= 11 is 0. The standard InChI is InChI=1S/C12H25N3O/c1-5-11(2)15(8-9-16-4)7-6-12(3,14)10-13/h11H,5-9,14H2,1-4H3. The zero-order valence-electron chi connectivity index (χ0n) is 11.0. The second kappa shape index (κ2) is 7.61. The van der Waals surface area contributed by atoms with Crippen LogP contribution in [0.5, 0.6) is 0 Å². The first-order chi connectivity index (χ1) is 7.46. The summed E-state index contributed by atoms with van der Waals surface area (Å²) < 4.78 is 5.09. The Labute approximate surface area is 99.4 Å². The Kier molecular flexibility index (Phi) is 7.31. The quantitative estimate of drug-likeness (QED) is 0.680. The van der Waals surface area contributed by atoms with Crippen molar-refractivity contribution in [1.29, 1.82) is 5.26 Å². The van der Waals surface area contributed by atoms with Gasteiger partial charge in [0.15, 0.2) is 0 Å². The Morgan fingerprint density at radius 3 is 2.56 bits per heavy atom. The maximum atomic E-state index is 8.86. The van der Waals surface area contributed by atoms with Gasteiger partial charge in [-0.05, 0) is 26.7 Å². The first-order valence-electron chi connectivity index (χ1n) is 5.90. The van der Waals surface area contributed by atoms with Gasteiger partial charge in [0.05, 0.1) is 12.7 Å². The molecular weight excluding hydrogens is 202 g/mol. The fourth-order valence-electron chi connectivity index (χ4n) is 1.45. The van der Waals surface area contributed by atoms with Crippen molar-refractivity contribution in [3.63, 3.8) is 0 Å². The van der Waals surface area contributed by atoms with E-state index >= 15 is 0 Å². The Morgan fingerprint density at radius 2 is 2.12 bits per heavy atom. The molecule has 0 aromatic rings. The summed E-state index contributed by atoms with van der Waals surface area (Å²) in [4.78, 5) is 2.33. The SMILES string of the molecule is CCC(C)N(CCOC)CCC(C)(N)C#N. The van der Waals surface area contributed by atoms with Crippen LogP contribution in [-0.4, -0.2) is 43.3 Å². The lowest BCUT2D eigenvalue weighted by atomic mass is 10.0. The predicted molar refractivity (Wildman–Crippen MR) is 66.0 cm³/mol. The number of nitriles is 1. The van der Waals surface area contributed by atoms with Crippen LogP contribution in [-0.2, 0) is 4.74 Å². The largest absolute Gasteiger partial charge is 0.383 e. The van der Waals surface area contributed by atoms with Crippen LogP contribution in [0, 0.1) is 11.3 Å². The maximum absolute atomic E-state index is 8.86. The van der Waals surface area contributed by atoms with Crippen LogP contribution in [0.4, 0.5) is 0 Å². The van der Waals surface area contributed by atoms with E-state index < -0.39 is 5.54 Å². The molecule has 4 nitrogen and oxygen atoms in total. The van der Waals surface area contributed by atoms with E-state index in [-0.39, 0.29) is 0 Å². The molecule has 0 radical (unpaired) electrons. The molecule has 0 aliphatic rings. The van der Waals surface area contributed by atoms with Gasteiger partial charge in [-0.1, -0.05) is 6.92 Å².